The Morgan fingerprint density at radius 3 is 1.36 bits per heavy atom. The predicted molar refractivity (Wildman–Crippen MR) is 112 cm³/mol. The third-order valence-corrected chi connectivity index (χ3v) is 4.93. The average Bonchev–Trinajstić information content (AvgIpc) is 2.70. The Kier molecular flexibility index (Phi) is 4.46. The van der Waals surface area contributed by atoms with Crippen molar-refractivity contribution in [1.82, 2.24) is 0 Å². The monoisotopic (exact) mass is 338 g/mol. The normalized spacial score (nSPS) is 10.6. The Bertz CT molecular complexity index is 974. The van der Waals surface area contributed by atoms with Crippen molar-refractivity contribution in [3.63, 3.8) is 0 Å². The van der Waals surface area contributed by atoms with E-state index in [4.69, 9.17) is 0 Å². The summed E-state index contributed by atoms with van der Waals surface area (Å²) in [5.41, 5.74) is 7.54. The van der Waals surface area contributed by atoms with Crippen molar-refractivity contribution in [3.8, 4) is 33.4 Å². The zero-order chi connectivity index (χ0) is 17.1. The summed E-state index contributed by atoms with van der Waals surface area (Å²) in [6.07, 6.45) is 0. The van der Waals surface area contributed by atoms with Gasteiger partial charge in [-0.05, 0) is 38.7 Å². The Balaban J connectivity index is 2.08. The standard InChI is InChI=1S/C24H19P/c25-22-17-16-21(18-10-4-1-5-11-18)23(19-12-6-2-7-13-19)24(22)20-14-8-3-9-15-20/h1-17H,25H2. The largest absolute Gasteiger partial charge is 0.105 e. The zero-order valence-electron chi connectivity index (χ0n) is 13.9. The Hall–Kier alpha value is -2.69. The van der Waals surface area contributed by atoms with Crippen LogP contribution >= 0.6 is 9.24 Å². The van der Waals surface area contributed by atoms with Gasteiger partial charge in [0.2, 0.25) is 0 Å². The highest BCUT2D eigenvalue weighted by atomic mass is 31.0. The molecule has 1 unspecified atom stereocenters. The van der Waals surface area contributed by atoms with Gasteiger partial charge < -0.3 is 0 Å². The molecule has 25 heavy (non-hydrogen) atoms. The van der Waals surface area contributed by atoms with E-state index in [0.717, 1.165) is 0 Å². The molecule has 0 amide bonds. The van der Waals surface area contributed by atoms with Gasteiger partial charge in [0.25, 0.3) is 0 Å². The van der Waals surface area contributed by atoms with Crippen LogP contribution in [0.4, 0.5) is 0 Å². The van der Waals surface area contributed by atoms with Crippen molar-refractivity contribution < 1.29 is 0 Å². The van der Waals surface area contributed by atoms with Gasteiger partial charge in [0, 0.05) is 0 Å². The highest BCUT2D eigenvalue weighted by Gasteiger charge is 2.16. The van der Waals surface area contributed by atoms with Crippen LogP contribution in [-0.4, -0.2) is 0 Å². The summed E-state index contributed by atoms with van der Waals surface area (Å²) in [5, 5.41) is 1.21. The molecule has 4 aromatic carbocycles. The quantitative estimate of drug-likeness (QED) is 0.391. The summed E-state index contributed by atoms with van der Waals surface area (Å²) in [5.74, 6) is 0. The third kappa shape index (κ3) is 3.14. The van der Waals surface area contributed by atoms with E-state index >= 15 is 0 Å². The zero-order valence-corrected chi connectivity index (χ0v) is 15.0. The van der Waals surface area contributed by atoms with Gasteiger partial charge in [-0.25, -0.2) is 0 Å². The van der Waals surface area contributed by atoms with Crippen LogP contribution in [0.2, 0.25) is 0 Å². The van der Waals surface area contributed by atoms with Gasteiger partial charge in [0.15, 0.2) is 0 Å². The molecule has 4 rings (SSSR count). The van der Waals surface area contributed by atoms with Gasteiger partial charge in [-0.3, -0.25) is 0 Å². The molecule has 0 aliphatic carbocycles. The molecule has 0 aromatic heterocycles. The lowest BCUT2D eigenvalue weighted by molar-refractivity contribution is 1.58. The van der Waals surface area contributed by atoms with Gasteiger partial charge in [0.1, 0.15) is 0 Å². The number of hydrogen-bond acceptors (Lipinski definition) is 0. The Morgan fingerprint density at radius 2 is 0.840 bits per heavy atom. The lowest BCUT2D eigenvalue weighted by atomic mass is 9.87. The van der Waals surface area contributed by atoms with Gasteiger partial charge in [0.05, 0.1) is 0 Å². The van der Waals surface area contributed by atoms with Crippen LogP contribution in [-0.2, 0) is 0 Å². The van der Waals surface area contributed by atoms with Crippen molar-refractivity contribution in [3.05, 3.63) is 103 Å². The minimum atomic E-state index is 1.21. The maximum Gasteiger partial charge on any atom is -0.00206 e. The van der Waals surface area contributed by atoms with Gasteiger partial charge in [-0.1, -0.05) is 103 Å². The van der Waals surface area contributed by atoms with Crippen LogP contribution in [0.25, 0.3) is 33.4 Å². The highest BCUT2D eigenvalue weighted by molar-refractivity contribution is 7.28. The molecule has 1 atom stereocenters. The van der Waals surface area contributed by atoms with Crippen molar-refractivity contribution in [2.75, 3.05) is 0 Å². The molecule has 120 valence electrons. The van der Waals surface area contributed by atoms with Crippen LogP contribution in [0.15, 0.2) is 103 Å². The van der Waals surface area contributed by atoms with E-state index in [1.807, 2.05) is 0 Å². The van der Waals surface area contributed by atoms with E-state index in [-0.39, 0.29) is 0 Å². The lowest BCUT2D eigenvalue weighted by Crippen LogP contribution is -2.02. The second kappa shape index (κ2) is 7.05. The maximum atomic E-state index is 2.90. The molecule has 0 saturated heterocycles. The van der Waals surface area contributed by atoms with E-state index in [2.05, 4.69) is 112 Å². The van der Waals surface area contributed by atoms with Crippen molar-refractivity contribution >= 4 is 14.5 Å². The SMILES string of the molecule is Pc1ccc(-c2ccccc2)c(-c2ccccc2)c1-c1ccccc1. The summed E-state index contributed by atoms with van der Waals surface area (Å²) in [6.45, 7) is 0. The molecule has 1 heteroatoms. The van der Waals surface area contributed by atoms with Gasteiger partial charge >= 0.3 is 0 Å². The Morgan fingerprint density at radius 1 is 0.400 bits per heavy atom. The second-order valence-corrected chi connectivity index (χ2v) is 6.67. The van der Waals surface area contributed by atoms with Crippen molar-refractivity contribution in [2.45, 2.75) is 0 Å². The van der Waals surface area contributed by atoms with E-state index in [1.54, 1.807) is 0 Å². The molecule has 0 aliphatic rings. The first-order valence-electron chi connectivity index (χ1n) is 8.43. The minimum absolute atomic E-state index is 1.21. The van der Waals surface area contributed by atoms with Crippen LogP contribution in [0, 0.1) is 0 Å². The molecule has 4 aromatic rings. The topological polar surface area (TPSA) is 0 Å². The maximum absolute atomic E-state index is 2.90. The molecule has 0 bridgehead atoms. The third-order valence-electron chi connectivity index (χ3n) is 4.45. The molecular formula is C24H19P. The van der Waals surface area contributed by atoms with Crippen LogP contribution in [0.5, 0.6) is 0 Å². The molecule has 0 N–H and O–H groups in total. The lowest BCUT2D eigenvalue weighted by Gasteiger charge is -2.18. The molecular weight excluding hydrogens is 319 g/mol. The smallest absolute Gasteiger partial charge is 0.00206 e. The van der Waals surface area contributed by atoms with Crippen molar-refractivity contribution in [1.29, 1.82) is 0 Å². The summed E-state index contributed by atoms with van der Waals surface area (Å²) in [6, 6.07) is 36.3. The van der Waals surface area contributed by atoms with Crippen LogP contribution < -0.4 is 5.30 Å². The molecule has 0 fully saturated rings. The molecule has 0 nitrogen and oxygen atoms in total. The average molecular weight is 338 g/mol. The fourth-order valence-electron chi connectivity index (χ4n) is 3.30. The number of hydrogen-bond donors (Lipinski definition) is 0. The molecule has 0 radical (unpaired) electrons. The van der Waals surface area contributed by atoms with Gasteiger partial charge in [-0.15, -0.1) is 9.24 Å². The number of rotatable bonds is 3. The Labute approximate surface area is 151 Å². The molecule has 0 spiro atoms. The molecule has 0 saturated carbocycles. The van der Waals surface area contributed by atoms with E-state index in [0.29, 0.717) is 0 Å². The molecule has 0 aliphatic heterocycles. The minimum Gasteiger partial charge on any atom is -0.105 e. The fraction of sp³-hybridized carbons (Fsp3) is 0. The van der Waals surface area contributed by atoms with Crippen molar-refractivity contribution in [2.24, 2.45) is 0 Å². The summed E-state index contributed by atoms with van der Waals surface area (Å²) in [7, 11) is 2.90. The summed E-state index contributed by atoms with van der Waals surface area (Å²) in [4.78, 5) is 0. The first-order valence-corrected chi connectivity index (χ1v) is 9.01. The molecule has 0 heterocycles. The summed E-state index contributed by atoms with van der Waals surface area (Å²) >= 11 is 0. The van der Waals surface area contributed by atoms with Crippen LogP contribution in [0.1, 0.15) is 0 Å². The van der Waals surface area contributed by atoms with E-state index in [1.165, 1.54) is 38.7 Å². The van der Waals surface area contributed by atoms with Crippen LogP contribution in [0.3, 0.4) is 0 Å². The number of benzene rings is 4. The highest BCUT2D eigenvalue weighted by Crippen LogP contribution is 2.39. The summed E-state index contributed by atoms with van der Waals surface area (Å²) < 4.78 is 0. The second-order valence-electron chi connectivity index (χ2n) is 6.05. The first-order chi connectivity index (χ1) is 12.3. The first kappa shape index (κ1) is 15.8. The fourth-order valence-corrected chi connectivity index (χ4v) is 3.70. The predicted octanol–water partition coefficient (Wildman–Crippen LogP) is 6.19. The van der Waals surface area contributed by atoms with E-state index < -0.39 is 0 Å². The van der Waals surface area contributed by atoms with Gasteiger partial charge in [-0.2, -0.15) is 0 Å². The van der Waals surface area contributed by atoms with E-state index in [9.17, 15) is 0 Å².